The van der Waals surface area contributed by atoms with E-state index in [1.165, 1.54) is 0 Å². The van der Waals surface area contributed by atoms with Crippen molar-refractivity contribution in [3.63, 3.8) is 0 Å². The average molecular weight is 300 g/mol. The first-order valence-electron chi connectivity index (χ1n) is 6.62. The molecule has 0 bridgehead atoms. The van der Waals surface area contributed by atoms with Crippen LogP contribution in [0, 0.1) is 11.6 Å². The summed E-state index contributed by atoms with van der Waals surface area (Å²) in [6.07, 6.45) is 1.90. The van der Waals surface area contributed by atoms with Gasteiger partial charge in [-0.15, -0.1) is 0 Å². The van der Waals surface area contributed by atoms with Gasteiger partial charge < -0.3 is 10.6 Å². The lowest BCUT2D eigenvalue weighted by Crippen LogP contribution is -2.53. The molecule has 1 aliphatic heterocycles. The van der Waals surface area contributed by atoms with E-state index < -0.39 is 11.6 Å². The van der Waals surface area contributed by atoms with Crippen LogP contribution >= 0.6 is 12.2 Å². The van der Waals surface area contributed by atoms with Crippen molar-refractivity contribution in [1.82, 2.24) is 9.88 Å². The summed E-state index contributed by atoms with van der Waals surface area (Å²) in [5.41, 5.74) is 5.73. The van der Waals surface area contributed by atoms with E-state index in [9.17, 15) is 8.78 Å². The molecule has 2 N–H and O–H groups in total. The molecular weight excluding hydrogens is 282 g/mol. The Kier molecular flexibility index (Phi) is 4.82. The highest BCUT2D eigenvalue weighted by Gasteiger charge is 2.26. The summed E-state index contributed by atoms with van der Waals surface area (Å²) < 4.78 is 26.5. The predicted octanol–water partition coefficient (Wildman–Crippen LogP) is 1.55. The molecule has 4 nitrogen and oxygen atoms in total. The molecule has 1 saturated heterocycles. The van der Waals surface area contributed by atoms with E-state index in [0.717, 1.165) is 31.8 Å². The number of anilines is 1. The lowest BCUT2D eigenvalue weighted by Gasteiger charge is -2.39. The van der Waals surface area contributed by atoms with Gasteiger partial charge in [0.25, 0.3) is 0 Å². The fourth-order valence-electron chi connectivity index (χ4n) is 2.52. The van der Waals surface area contributed by atoms with Gasteiger partial charge in [-0.3, -0.25) is 4.90 Å². The van der Waals surface area contributed by atoms with Gasteiger partial charge in [0.2, 0.25) is 0 Å². The van der Waals surface area contributed by atoms with Gasteiger partial charge in [0.1, 0.15) is 5.82 Å². The molecule has 2 heterocycles. The first-order chi connectivity index (χ1) is 9.52. The third-order valence-electron chi connectivity index (χ3n) is 3.56. The lowest BCUT2D eigenvalue weighted by molar-refractivity contribution is 0.223. The molecule has 1 aliphatic rings. The maximum atomic E-state index is 13.7. The van der Waals surface area contributed by atoms with E-state index in [1.54, 1.807) is 0 Å². The first kappa shape index (κ1) is 15.1. The van der Waals surface area contributed by atoms with Gasteiger partial charge in [-0.05, 0) is 6.42 Å². The Morgan fingerprint density at radius 2 is 2.05 bits per heavy atom. The van der Waals surface area contributed by atoms with E-state index in [0.29, 0.717) is 18.1 Å². The number of pyridine rings is 1. The number of rotatable bonds is 4. The molecular formula is C13H18F2N4S. The van der Waals surface area contributed by atoms with Crippen LogP contribution in [0.3, 0.4) is 0 Å². The second kappa shape index (κ2) is 6.41. The van der Waals surface area contributed by atoms with Crippen molar-refractivity contribution in [2.75, 3.05) is 31.1 Å². The topological polar surface area (TPSA) is 45.4 Å². The highest BCUT2D eigenvalue weighted by Crippen LogP contribution is 2.19. The monoisotopic (exact) mass is 300 g/mol. The Hall–Kier alpha value is -1.34. The molecule has 0 aliphatic carbocycles. The van der Waals surface area contributed by atoms with Gasteiger partial charge in [-0.1, -0.05) is 19.1 Å². The van der Waals surface area contributed by atoms with E-state index in [2.05, 4.69) is 9.88 Å². The third kappa shape index (κ3) is 3.21. The number of aromatic nitrogens is 1. The Morgan fingerprint density at radius 3 is 2.55 bits per heavy atom. The highest BCUT2D eigenvalue weighted by atomic mass is 32.1. The number of thiocarbonyl (C=S) groups is 1. The van der Waals surface area contributed by atoms with E-state index in [1.807, 2.05) is 11.8 Å². The van der Waals surface area contributed by atoms with Crippen LogP contribution in [0.25, 0.3) is 0 Å². The SMILES string of the molecule is CCC(C(N)=S)N1CCN(c2ncc(F)cc2F)CC1. The first-order valence-corrected chi connectivity index (χ1v) is 7.03. The van der Waals surface area contributed by atoms with Crippen molar-refractivity contribution < 1.29 is 8.78 Å². The maximum Gasteiger partial charge on any atom is 0.168 e. The van der Waals surface area contributed by atoms with Crippen molar-refractivity contribution in [3.05, 3.63) is 23.9 Å². The van der Waals surface area contributed by atoms with Crippen LogP contribution in [0.15, 0.2) is 12.3 Å². The van der Waals surface area contributed by atoms with Gasteiger partial charge >= 0.3 is 0 Å². The summed E-state index contributed by atoms with van der Waals surface area (Å²) in [7, 11) is 0. The number of nitrogens with two attached hydrogens (primary N) is 1. The fourth-order valence-corrected chi connectivity index (χ4v) is 2.84. The van der Waals surface area contributed by atoms with Crippen LogP contribution < -0.4 is 10.6 Å². The summed E-state index contributed by atoms with van der Waals surface area (Å²) in [6.45, 7) is 4.74. The number of hydrogen-bond acceptors (Lipinski definition) is 4. The van der Waals surface area contributed by atoms with Crippen molar-refractivity contribution in [3.8, 4) is 0 Å². The van der Waals surface area contributed by atoms with E-state index in [-0.39, 0.29) is 11.9 Å². The van der Waals surface area contributed by atoms with Crippen LogP contribution in [-0.2, 0) is 0 Å². The Morgan fingerprint density at radius 1 is 1.40 bits per heavy atom. The van der Waals surface area contributed by atoms with E-state index in [4.69, 9.17) is 18.0 Å². The summed E-state index contributed by atoms with van der Waals surface area (Å²) in [4.78, 5) is 8.34. The molecule has 2 rings (SSSR count). The smallest absolute Gasteiger partial charge is 0.168 e. The Bertz CT molecular complexity index is 489. The lowest BCUT2D eigenvalue weighted by atomic mass is 10.1. The predicted molar refractivity (Wildman–Crippen MR) is 78.8 cm³/mol. The van der Waals surface area contributed by atoms with Crippen LogP contribution in [-0.4, -0.2) is 47.1 Å². The second-order valence-corrected chi connectivity index (χ2v) is 5.28. The van der Waals surface area contributed by atoms with Gasteiger partial charge in [-0.25, -0.2) is 13.8 Å². The zero-order valence-electron chi connectivity index (χ0n) is 11.4. The van der Waals surface area contributed by atoms with E-state index >= 15 is 0 Å². The summed E-state index contributed by atoms with van der Waals surface area (Å²) >= 11 is 5.06. The molecule has 1 fully saturated rings. The number of halogens is 2. The molecule has 1 aromatic rings. The molecule has 1 unspecified atom stereocenters. The molecule has 1 aromatic heterocycles. The third-order valence-corrected chi connectivity index (χ3v) is 3.83. The molecule has 20 heavy (non-hydrogen) atoms. The van der Waals surface area contributed by atoms with Gasteiger partial charge in [0.05, 0.1) is 17.2 Å². The van der Waals surface area contributed by atoms with Crippen molar-refractivity contribution in [2.24, 2.45) is 5.73 Å². The quantitative estimate of drug-likeness (QED) is 0.855. The molecule has 0 saturated carbocycles. The van der Waals surface area contributed by atoms with Crippen LogP contribution in [0.2, 0.25) is 0 Å². The van der Waals surface area contributed by atoms with Crippen molar-refractivity contribution in [1.29, 1.82) is 0 Å². The normalized spacial score (nSPS) is 18.1. The van der Waals surface area contributed by atoms with Crippen LogP contribution in [0.1, 0.15) is 13.3 Å². The summed E-state index contributed by atoms with van der Waals surface area (Å²) in [5.74, 6) is -1.08. The van der Waals surface area contributed by atoms with Crippen molar-refractivity contribution >= 4 is 23.0 Å². The molecule has 0 amide bonds. The zero-order valence-corrected chi connectivity index (χ0v) is 12.2. The average Bonchev–Trinajstić information content (AvgIpc) is 2.40. The Labute approximate surface area is 122 Å². The van der Waals surface area contributed by atoms with Crippen LogP contribution in [0.4, 0.5) is 14.6 Å². The second-order valence-electron chi connectivity index (χ2n) is 4.81. The largest absolute Gasteiger partial charge is 0.392 e. The minimum Gasteiger partial charge on any atom is -0.392 e. The maximum absolute atomic E-state index is 13.7. The van der Waals surface area contributed by atoms with Gasteiger partial charge in [0.15, 0.2) is 11.6 Å². The summed E-state index contributed by atoms with van der Waals surface area (Å²) in [6, 6.07) is 0.941. The minimum atomic E-state index is -0.663. The number of piperazine rings is 1. The van der Waals surface area contributed by atoms with Crippen LogP contribution in [0.5, 0.6) is 0 Å². The fraction of sp³-hybridized carbons (Fsp3) is 0.538. The van der Waals surface area contributed by atoms with Gasteiger partial charge in [-0.2, -0.15) is 0 Å². The minimum absolute atomic E-state index is 0.0816. The molecule has 0 radical (unpaired) electrons. The zero-order chi connectivity index (χ0) is 14.7. The highest BCUT2D eigenvalue weighted by molar-refractivity contribution is 7.80. The Balaban J connectivity index is 2.02. The summed E-state index contributed by atoms with van der Waals surface area (Å²) in [5, 5.41) is 0. The molecule has 0 spiro atoms. The molecule has 0 aromatic carbocycles. The molecule has 7 heteroatoms. The molecule has 1 atom stereocenters. The molecule has 110 valence electrons. The number of nitrogens with zero attached hydrogens (tertiary/aromatic N) is 3. The van der Waals surface area contributed by atoms with Gasteiger partial charge in [0, 0.05) is 32.2 Å². The van der Waals surface area contributed by atoms with Crippen molar-refractivity contribution in [2.45, 2.75) is 19.4 Å². The number of hydrogen-bond donors (Lipinski definition) is 1. The standard InChI is InChI=1S/C13H18F2N4S/c1-2-11(12(16)20)18-3-5-19(6-4-18)13-10(15)7-9(14)8-17-13/h7-8,11H,2-6H2,1H3,(H2,16,20).